The molecule has 7 nitrogen and oxygen atoms in total. The van der Waals surface area contributed by atoms with Gasteiger partial charge in [-0.25, -0.2) is 4.98 Å². The van der Waals surface area contributed by atoms with Gasteiger partial charge in [-0.1, -0.05) is 0 Å². The molecule has 0 aliphatic carbocycles. The van der Waals surface area contributed by atoms with E-state index in [1.54, 1.807) is 6.33 Å². The first-order valence-corrected chi connectivity index (χ1v) is 8.74. The van der Waals surface area contributed by atoms with Crippen molar-refractivity contribution < 1.29 is 14.3 Å². The lowest BCUT2D eigenvalue weighted by Gasteiger charge is -2.35. The average molecular weight is 342 g/mol. The van der Waals surface area contributed by atoms with Crippen molar-refractivity contribution in [3.05, 3.63) is 30.1 Å². The molecule has 2 aliphatic rings. The maximum absolute atomic E-state index is 12.7. The molecule has 2 saturated heterocycles. The summed E-state index contributed by atoms with van der Waals surface area (Å²) in [5, 5.41) is 0. The number of carbonyl (C=O) groups is 2. The third-order valence-electron chi connectivity index (χ3n) is 5.06. The number of hydrogen-bond acceptors (Lipinski definition) is 4. The fraction of sp³-hybridized carbons (Fsp3) is 0.500. The van der Waals surface area contributed by atoms with Crippen LogP contribution < -0.4 is 0 Å². The van der Waals surface area contributed by atoms with Gasteiger partial charge in [-0.15, -0.1) is 0 Å². The van der Waals surface area contributed by atoms with Crippen LogP contribution in [-0.2, 0) is 16.6 Å². The molecule has 2 amide bonds. The highest BCUT2D eigenvalue weighted by Gasteiger charge is 2.31. The van der Waals surface area contributed by atoms with E-state index in [1.165, 1.54) is 0 Å². The number of aryl methyl sites for hydroxylation is 1. The second-order valence-electron chi connectivity index (χ2n) is 6.68. The molecule has 0 N–H and O–H groups in total. The molecule has 2 fully saturated rings. The normalized spacial score (nSPS) is 21.1. The zero-order valence-electron chi connectivity index (χ0n) is 14.4. The van der Waals surface area contributed by atoms with E-state index < -0.39 is 0 Å². The number of amides is 2. The number of hydrogen-bond donors (Lipinski definition) is 0. The largest absolute Gasteiger partial charge is 0.368 e. The molecule has 0 saturated carbocycles. The summed E-state index contributed by atoms with van der Waals surface area (Å²) in [6.45, 7) is 2.91. The van der Waals surface area contributed by atoms with Crippen LogP contribution in [0, 0.1) is 0 Å². The van der Waals surface area contributed by atoms with Gasteiger partial charge in [0.2, 0.25) is 0 Å². The zero-order valence-corrected chi connectivity index (χ0v) is 14.4. The third-order valence-corrected chi connectivity index (χ3v) is 5.06. The summed E-state index contributed by atoms with van der Waals surface area (Å²) in [6.07, 6.45) is 3.22. The summed E-state index contributed by atoms with van der Waals surface area (Å²) in [5.74, 6) is 0.0660. The molecule has 1 aromatic heterocycles. The monoisotopic (exact) mass is 342 g/mol. The summed E-state index contributed by atoms with van der Waals surface area (Å²) in [7, 11) is 1.93. The second-order valence-corrected chi connectivity index (χ2v) is 6.68. The highest BCUT2D eigenvalue weighted by atomic mass is 16.5. The van der Waals surface area contributed by atoms with Crippen LogP contribution in [0.4, 0.5) is 0 Å². The van der Waals surface area contributed by atoms with Gasteiger partial charge < -0.3 is 19.1 Å². The van der Waals surface area contributed by atoms with Crippen molar-refractivity contribution in [2.45, 2.75) is 18.9 Å². The van der Waals surface area contributed by atoms with Crippen molar-refractivity contribution in [3.63, 3.8) is 0 Å². The Kier molecular flexibility index (Phi) is 4.17. The molecule has 1 aromatic carbocycles. The molecule has 0 spiro atoms. The average Bonchev–Trinajstić information content (AvgIpc) is 3.31. The van der Waals surface area contributed by atoms with Crippen LogP contribution in [-0.4, -0.2) is 70.1 Å². The van der Waals surface area contributed by atoms with E-state index >= 15 is 0 Å². The zero-order chi connectivity index (χ0) is 17.4. The van der Waals surface area contributed by atoms with Crippen LogP contribution in [0.1, 0.15) is 23.2 Å². The van der Waals surface area contributed by atoms with Gasteiger partial charge in [0.05, 0.1) is 17.4 Å². The summed E-state index contributed by atoms with van der Waals surface area (Å²) in [6, 6.07) is 5.60. The summed E-state index contributed by atoms with van der Waals surface area (Å²) in [5.41, 5.74) is 2.47. The lowest BCUT2D eigenvalue weighted by Crippen LogP contribution is -2.52. The molecule has 25 heavy (non-hydrogen) atoms. The molecular weight excluding hydrogens is 320 g/mol. The Balaban J connectivity index is 1.40. The van der Waals surface area contributed by atoms with E-state index in [1.807, 2.05) is 39.6 Å². The number of aromatic nitrogens is 2. The Hall–Kier alpha value is -2.41. The quantitative estimate of drug-likeness (QED) is 0.818. The van der Waals surface area contributed by atoms with Gasteiger partial charge in [0, 0.05) is 45.4 Å². The predicted octanol–water partition coefficient (Wildman–Crippen LogP) is 1.04. The van der Waals surface area contributed by atoms with Crippen molar-refractivity contribution in [3.8, 4) is 0 Å². The molecular formula is C18H22N4O3. The van der Waals surface area contributed by atoms with Crippen LogP contribution >= 0.6 is 0 Å². The first kappa shape index (κ1) is 16.1. The van der Waals surface area contributed by atoms with Gasteiger partial charge >= 0.3 is 0 Å². The van der Waals surface area contributed by atoms with Crippen molar-refractivity contribution in [1.29, 1.82) is 0 Å². The first-order valence-electron chi connectivity index (χ1n) is 8.74. The van der Waals surface area contributed by atoms with Gasteiger partial charge in [0.1, 0.15) is 6.10 Å². The second kappa shape index (κ2) is 6.48. The van der Waals surface area contributed by atoms with Crippen molar-refractivity contribution in [2.24, 2.45) is 7.05 Å². The van der Waals surface area contributed by atoms with Gasteiger partial charge in [-0.2, -0.15) is 0 Å². The number of piperazine rings is 1. The minimum absolute atomic E-state index is 0.00299. The molecule has 4 rings (SSSR count). The minimum Gasteiger partial charge on any atom is -0.368 e. The number of carbonyl (C=O) groups excluding carboxylic acids is 2. The molecule has 2 aliphatic heterocycles. The number of fused-ring (bicyclic) bond motifs is 1. The Labute approximate surface area is 146 Å². The van der Waals surface area contributed by atoms with Gasteiger partial charge in [-0.05, 0) is 31.0 Å². The van der Waals surface area contributed by atoms with Gasteiger partial charge in [-0.3, -0.25) is 9.59 Å². The standard InChI is InChI=1S/C18H22N4O3/c1-20-12-19-14-11-13(4-5-15(14)20)17(23)21-6-8-22(9-7-21)18(24)16-3-2-10-25-16/h4-5,11-12,16H,2-3,6-10H2,1H3. The van der Waals surface area contributed by atoms with Gasteiger partial charge in [0.15, 0.2) is 0 Å². The number of rotatable bonds is 2. The maximum atomic E-state index is 12.7. The minimum atomic E-state index is -0.284. The number of nitrogens with zero attached hydrogens (tertiary/aromatic N) is 4. The third kappa shape index (κ3) is 3.00. The number of ether oxygens (including phenoxy) is 1. The molecule has 0 radical (unpaired) electrons. The molecule has 2 aromatic rings. The van der Waals surface area contributed by atoms with Crippen LogP contribution in [0.15, 0.2) is 24.5 Å². The topological polar surface area (TPSA) is 67.7 Å². The van der Waals surface area contributed by atoms with Crippen LogP contribution in [0.25, 0.3) is 11.0 Å². The number of benzene rings is 1. The van der Waals surface area contributed by atoms with Crippen molar-refractivity contribution >= 4 is 22.8 Å². The molecule has 1 unspecified atom stereocenters. The predicted molar refractivity (Wildman–Crippen MR) is 92.2 cm³/mol. The fourth-order valence-electron chi connectivity index (χ4n) is 3.56. The first-order chi connectivity index (χ1) is 12.1. The Morgan fingerprint density at radius 2 is 1.92 bits per heavy atom. The van der Waals surface area contributed by atoms with E-state index in [2.05, 4.69) is 4.98 Å². The van der Waals surface area contributed by atoms with Crippen LogP contribution in [0.2, 0.25) is 0 Å². The van der Waals surface area contributed by atoms with Crippen LogP contribution in [0.5, 0.6) is 0 Å². The van der Waals surface area contributed by atoms with E-state index in [0.717, 1.165) is 23.9 Å². The van der Waals surface area contributed by atoms with Crippen LogP contribution in [0.3, 0.4) is 0 Å². The summed E-state index contributed by atoms with van der Waals surface area (Å²) in [4.78, 5) is 33.1. The lowest BCUT2D eigenvalue weighted by atomic mass is 10.1. The Bertz CT molecular complexity index is 802. The van der Waals surface area contributed by atoms with Crippen molar-refractivity contribution in [2.75, 3.05) is 32.8 Å². The van der Waals surface area contributed by atoms with E-state index in [-0.39, 0.29) is 17.9 Å². The lowest BCUT2D eigenvalue weighted by molar-refractivity contribution is -0.142. The highest BCUT2D eigenvalue weighted by molar-refractivity contribution is 5.97. The van der Waals surface area contributed by atoms with E-state index in [9.17, 15) is 9.59 Å². The van der Waals surface area contributed by atoms with Crippen molar-refractivity contribution in [1.82, 2.24) is 19.4 Å². The highest BCUT2D eigenvalue weighted by Crippen LogP contribution is 2.18. The molecule has 3 heterocycles. The molecule has 0 bridgehead atoms. The Morgan fingerprint density at radius 3 is 2.64 bits per heavy atom. The fourth-order valence-corrected chi connectivity index (χ4v) is 3.56. The Morgan fingerprint density at radius 1 is 1.16 bits per heavy atom. The molecule has 1 atom stereocenters. The van der Waals surface area contributed by atoms with Gasteiger partial charge in [0.25, 0.3) is 11.8 Å². The molecule has 132 valence electrons. The maximum Gasteiger partial charge on any atom is 0.254 e. The van der Waals surface area contributed by atoms with E-state index in [4.69, 9.17) is 4.74 Å². The molecule has 7 heteroatoms. The summed E-state index contributed by atoms with van der Waals surface area (Å²) >= 11 is 0. The smallest absolute Gasteiger partial charge is 0.254 e. The van der Waals surface area contributed by atoms with E-state index in [0.29, 0.717) is 38.3 Å². The SMILES string of the molecule is Cn1cnc2cc(C(=O)N3CCN(C(=O)C4CCCO4)CC3)ccc21. The summed E-state index contributed by atoms with van der Waals surface area (Å²) < 4.78 is 7.40. The number of imidazole rings is 1.